The van der Waals surface area contributed by atoms with Crippen molar-refractivity contribution in [2.75, 3.05) is 4.90 Å². The van der Waals surface area contributed by atoms with Gasteiger partial charge in [-0.15, -0.1) is 0 Å². The van der Waals surface area contributed by atoms with Crippen LogP contribution in [-0.4, -0.2) is 19.3 Å². The second kappa shape index (κ2) is 9.79. The van der Waals surface area contributed by atoms with Crippen molar-refractivity contribution < 1.29 is 0 Å². The molecular weight excluding hydrogens is 550 g/mol. The lowest BCUT2D eigenvalue weighted by Crippen LogP contribution is -2.12. The Hall–Kier alpha value is -5.94. The predicted molar refractivity (Wildman–Crippen MR) is 184 cm³/mol. The zero-order valence-corrected chi connectivity index (χ0v) is 25.0. The van der Waals surface area contributed by atoms with Crippen molar-refractivity contribution in [1.82, 2.24) is 19.3 Å². The molecule has 0 N–H and O–H groups in total. The van der Waals surface area contributed by atoms with Gasteiger partial charge in [0.25, 0.3) is 0 Å². The van der Waals surface area contributed by atoms with Crippen LogP contribution in [0.4, 0.5) is 17.1 Å². The Morgan fingerprint density at radius 3 is 1.98 bits per heavy atom. The second-order valence-electron chi connectivity index (χ2n) is 11.7. The SMILES string of the molecule is Cc1cc(C)n(-c2ccc3c(c2)N(c2ccc4c5ccccc5n(-c5ccccn5)c4c2)c2ccccc2-c2ccccc2-3)n1. The molecule has 214 valence electrons. The maximum absolute atomic E-state index is 4.84. The van der Waals surface area contributed by atoms with Crippen molar-refractivity contribution in [2.45, 2.75) is 13.8 Å². The highest BCUT2D eigenvalue weighted by Crippen LogP contribution is 2.51. The van der Waals surface area contributed by atoms with Crippen LogP contribution in [-0.2, 0) is 0 Å². The minimum absolute atomic E-state index is 0.900. The van der Waals surface area contributed by atoms with Crippen LogP contribution >= 0.6 is 0 Å². The predicted octanol–water partition coefficient (Wildman–Crippen LogP) is 10.1. The molecule has 5 heteroatoms. The van der Waals surface area contributed by atoms with Gasteiger partial charge in [-0.05, 0) is 79.6 Å². The molecule has 3 aromatic heterocycles. The molecule has 0 saturated carbocycles. The van der Waals surface area contributed by atoms with Gasteiger partial charge < -0.3 is 4.90 Å². The molecule has 0 aliphatic carbocycles. The van der Waals surface area contributed by atoms with Crippen LogP contribution in [0.5, 0.6) is 0 Å². The van der Waals surface area contributed by atoms with Gasteiger partial charge in [-0.25, -0.2) is 9.67 Å². The normalized spacial score (nSPS) is 12.2. The standard InChI is InChI=1S/C40H29N5/c1-26-23-27(2)45(42-26)29-19-21-34-31-12-4-3-11-30(31)32-13-5-7-15-36(32)43(38(34)25-29)28-18-20-35-33-14-6-8-16-37(33)44(39(35)24-28)40-17-9-10-22-41-40/h3-25H,1-2H3. The Labute approximate surface area is 261 Å². The number of pyridine rings is 1. The van der Waals surface area contributed by atoms with Gasteiger partial charge in [-0.1, -0.05) is 78.9 Å². The summed E-state index contributed by atoms with van der Waals surface area (Å²) in [6.45, 7) is 4.15. The third-order valence-corrected chi connectivity index (χ3v) is 8.92. The molecule has 0 amide bonds. The highest BCUT2D eigenvalue weighted by atomic mass is 15.3. The van der Waals surface area contributed by atoms with Crippen molar-refractivity contribution in [3.05, 3.63) is 151 Å². The van der Waals surface area contributed by atoms with E-state index in [0.29, 0.717) is 0 Å². The van der Waals surface area contributed by atoms with E-state index in [-0.39, 0.29) is 0 Å². The van der Waals surface area contributed by atoms with E-state index >= 15 is 0 Å². The van der Waals surface area contributed by atoms with Crippen molar-refractivity contribution in [3.8, 4) is 33.8 Å². The van der Waals surface area contributed by atoms with Gasteiger partial charge in [0.05, 0.1) is 33.8 Å². The van der Waals surface area contributed by atoms with E-state index in [9.17, 15) is 0 Å². The van der Waals surface area contributed by atoms with Gasteiger partial charge in [0.2, 0.25) is 0 Å². The van der Waals surface area contributed by atoms with Crippen LogP contribution in [0.15, 0.2) is 140 Å². The summed E-state index contributed by atoms with van der Waals surface area (Å²) in [7, 11) is 0. The molecule has 0 saturated heterocycles. The van der Waals surface area contributed by atoms with Crippen molar-refractivity contribution >= 4 is 38.9 Å². The monoisotopic (exact) mass is 579 g/mol. The van der Waals surface area contributed by atoms with E-state index in [1.54, 1.807) is 0 Å². The fourth-order valence-corrected chi connectivity index (χ4v) is 7.04. The first-order valence-electron chi connectivity index (χ1n) is 15.3. The average molecular weight is 580 g/mol. The Morgan fingerprint density at radius 2 is 1.20 bits per heavy atom. The first kappa shape index (κ1) is 25.5. The molecule has 0 unspecified atom stereocenters. The minimum atomic E-state index is 0.900. The molecule has 8 aromatic rings. The molecule has 1 aliphatic rings. The van der Waals surface area contributed by atoms with E-state index in [0.717, 1.165) is 51.0 Å². The van der Waals surface area contributed by atoms with Gasteiger partial charge >= 0.3 is 0 Å². The molecule has 0 fully saturated rings. The number of para-hydroxylation sites is 2. The third kappa shape index (κ3) is 3.87. The van der Waals surface area contributed by atoms with Crippen LogP contribution < -0.4 is 4.90 Å². The average Bonchev–Trinajstić information content (AvgIpc) is 3.56. The van der Waals surface area contributed by atoms with Crippen LogP contribution in [0.25, 0.3) is 55.6 Å². The number of rotatable bonds is 3. The van der Waals surface area contributed by atoms with Gasteiger partial charge in [0, 0.05) is 39.5 Å². The largest absolute Gasteiger partial charge is 0.309 e. The van der Waals surface area contributed by atoms with Gasteiger partial charge in [-0.3, -0.25) is 4.57 Å². The molecule has 0 atom stereocenters. The molecular formula is C40H29N5. The first-order chi connectivity index (χ1) is 22.2. The first-order valence-corrected chi connectivity index (χ1v) is 15.3. The Balaban J connectivity index is 1.37. The maximum Gasteiger partial charge on any atom is 0.137 e. The zero-order chi connectivity index (χ0) is 30.1. The summed E-state index contributed by atoms with van der Waals surface area (Å²) in [4.78, 5) is 7.19. The topological polar surface area (TPSA) is 38.9 Å². The Kier molecular flexibility index (Phi) is 5.56. The molecule has 0 radical (unpaired) electrons. The summed E-state index contributed by atoms with van der Waals surface area (Å²) >= 11 is 0. The lowest BCUT2D eigenvalue weighted by atomic mass is 9.94. The molecule has 9 rings (SSSR count). The number of benzene rings is 5. The number of aromatic nitrogens is 4. The lowest BCUT2D eigenvalue weighted by Gasteiger charge is -2.28. The number of fused-ring (bicyclic) bond motifs is 8. The molecule has 1 aliphatic heterocycles. The third-order valence-electron chi connectivity index (χ3n) is 8.92. The summed E-state index contributed by atoms with van der Waals surface area (Å²) < 4.78 is 4.32. The van der Waals surface area contributed by atoms with Gasteiger partial charge in [-0.2, -0.15) is 5.10 Å². The number of anilines is 3. The van der Waals surface area contributed by atoms with E-state index < -0.39 is 0 Å². The Bertz CT molecular complexity index is 2410. The highest BCUT2D eigenvalue weighted by molar-refractivity contribution is 6.11. The second-order valence-corrected chi connectivity index (χ2v) is 11.7. The van der Waals surface area contributed by atoms with Crippen molar-refractivity contribution in [3.63, 3.8) is 0 Å². The van der Waals surface area contributed by atoms with E-state index in [1.165, 1.54) is 33.0 Å². The van der Waals surface area contributed by atoms with E-state index in [1.807, 2.05) is 29.9 Å². The summed E-state index contributed by atoms with van der Waals surface area (Å²) in [5.41, 5.74) is 13.5. The van der Waals surface area contributed by atoms with Crippen LogP contribution in [0.3, 0.4) is 0 Å². The number of aryl methyl sites for hydroxylation is 2. The number of hydrogen-bond acceptors (Lipinski definition) is 3. The van der Waals surface area contributed by atoms with Crippen molar-refractivity contribution in [1.29, 1.82) is 0 Å². The fraction of sp³-hybridized carbons (Fsp3) is 0.0500. The maximum atomic E-state index is 4.84. The Morgan fingerprint density at radius 1 is 0.511 bits per heavy atom. The van der Waals surface area contributed by atoms with Crippen LogP contribution in [0, 0.1) is 13.8 Å². The molecule has 5 aromatic carbocycles. The summed E-state index contributed by atoms with van der Waals surface area (Å²) in [6, 6.07) is 47.8. The number of nitrogens with zero attached hydrogens (tertiary/aromatic N) is 5. The molecule has 45 heavy (non-hydrogen) atoms. The summed E-state index contributed by atoms with van der Waals surface area (Å²) in [5, 5.41) is 7.24. The van der Waals surface area contributed by atoms with Gasteiger partial charge in [0.15, 0.2) is 0 Å². The number of hydrogen-bond donors (Lipinski definition) is 0. The van der Waals surface area contributed by atoms with Crippen molar-refractivity contribution in [2.24, 2.45) is 0 Å². The molecule has 0 spiro atoms. The lowest BCUT2D eigenvalue weighted by molar-refractivity contribution is 0.833. The molecule has 5 nitrogen and oxygen atoms in total. The summed E-state index contributed by atoms with van der Waals surface area (Å²) in [6.07, 6.45) is 1.86. The van der Waals surface area contributed by atoms with Gasteiger partial charge in [0.1, 0.15) is 5.82 Å². The minimum Gasteiger partial charge on any atom is -0.309 e. The van der Waals surface area contributed by atoms with E-state index in [4.69, 9.17) is 10.1 Å². The van der Waals surface area contributed by atoms with Crippen LogP contribution in [0.2, 0.25) is 0 Å². The zero-order valence-electron chi connectivity index (χ0n) is 25.0. The molecule has 0 bridgehead atoms. The smallest absolute Gasteiger partial charge is 0.137 e. The quantitative estimate of drug-likeness (QED) is 0.209. The molecule has 4 heterocycles. The van der Waals surface area contributed by atoms with Crippen LogP contribution in [0.1, 0.15) is 11.4 Å². The van der Waals surface area contributed by atoms with E-state index in [2.05, 4.69) is 138 Å². The summed E-state index contributed by atoms with van der Waals surface area (Å²) in [5.74, 6) is 0.900. The fourth-order valence-electron chi connectivity index (χ4n) is 7.04. The highest BCUT2D eigenvalue weighted by Gasteiger charge is 2.27.